The van der Waals surface area contributed by atoms with Crippen molar-refractivity contribution in [1.82, 2.24) is 4.72 Å². The van der Waals surface area contributed by atoms with Gasteiger partial charge in [0.05, 0.1) is 27.8 Å². The minimum absolute atomic E-state index is 0.173. The lowest BCUT2D eigenvalue weighted by Crippen LogP contribution is -2.37. The molecule has 2 atom stereocenters. The van der Waals surface area contributed by atoms with Crippen LogP contribution < -0.4 is 4.72 Å². The minimum Gasteiger partial charge on any atom is -0.462 e. The predicted molar refractivity (Wildman–Crippen MR) is 91.0 cm³/mol. The largest absolute Gasteiger partial charge is 0.462 e. The van der Waals surface area contributed by atoms with Gasteiger partial charge in [0, 0.05) is 6.54 Å². The molecule has 5 heteroatoms. The van der Waals surface area contributed by atoms with Crippen LogP contribution in [0.5, 0.6) is 0 Å². The Hall–Kier alpha value is -1.20. The van der Waals surface area contributed by atoms with E-state index in [4.69, 9.17) is 4.74 Å². The number of carbonyl (C=O) groups is 1. The average molecular weight is 325 g/mol. The van der Waals surface area contributed by atoms with E-state index in [0.29, 0.717) is 6.54 Å². The SMILES string of the molecule is Cc1ccc([C@@H](CN[S@@](=O)C(C)(C)C)C(=O)OC(C)C)cc1. The quantitative estimate of drug-likeness (QED) is 0.818. The van der Waals surface area contributed by atoms with E-state index in [1.165, 1.54) is 0 Å². The number of rotatable bonds is 6. The molecular formula is C17H27NO3S. The van der Waals surface area contributed by atoms with Crippen LogP contribution in [0.3, 0.4) is 0 Å². The standard InChI is InChI=1S/C17H27NO3S/c1-12(2)21-16(19)15(11-18-22(20)17(4,5)6)14-9-7-13(3)8-10-14/h7-10,12,15,18H,11H2,1-6H3/t15-,22+/m1/s1. The van der Waals surface area contributed by atoms with Gasteiger partial charge in [-0.1, -0.05) is 29.8 Å². The molecule has 0 bridgehead atoms. The lowest BCUT2D eigenvalue weighted by molar-refractivity contribution is -0.149. The van der Waals surface area contributed by atoms with Gasteiger partial charge in [-0.3, -0.25) is 4.79 Å². The van der Waals surface area contributed by atoms with Crippen LogP contribution in [0.1, 0.15) is 51.7 Å². The zero-order valence-electron chi connectivity index (χ0n) is 14.3. The Morgan fingerprint density at radius 3 is 2.23 bits per heavy atom. The molecule has 0 aliphatic carbocycles. The van der Waals surface area contributed by atoms with Crippen molar-refractivity contribution in [2.24, 2.45) is 0 Å². The molecule has 0 unspecified atom stereocenters. The van der Waals surface area contributed by atoms with E-state index in [1.807, 2.05) is 65.8 Å². The highest BCUT2D eigenvalue weighted by Gasteiger charge is 2.26. The monoisotopic (exact) mass is 325 g/mol. The summed E-state index contributed by atoms with van der Waals surface area (Å²) >= 11 is 0. The molecule has 1 rings (SSSR count). The molecule has 1 N–H and O–H groups in total. The van der Waals surface area contributed by atoms with Crippen molar-refractivity contribution in [2.45, 2.75) is 58.3 Å². The summed E-state index contributed by atoms with van der Waals surface area (Å²) in [6, 6.07) is 7.77. The first-order chi connectivity index (χ1) is 10.1. The van der Waals surface area contributed by atoms with E-state index in [9.17, 15) is 9.00 Å². The minimum atomic E-state index is -1.22. The fourth-order valence-corrected chi connectivity index (χ4v) is 2.58. The van der Waals surface area contributed by atoms with Gasteiger partial charge in [-0.15, -0.1) is 0 Å². The maximum atomic E-state index is 12.3. The molecule has 1 aromatic rings. The van der Waals surface area contributed by atoms with E-state index in [-0.39, 0.29) is 16.8 Å². The highest BCUT2D eigenvalue weighted by molar-refractivity contribution is 7.84. The molecule has 0 radical (unpaired) electrons. The summed E-state index contributed by atoms with van der Waals surface area (Å²) in [4.78, 5) is 12.3. The van der Waals surface area contributed by atoms with Crippen molar-refractivity contribution in [1.29, 1.82) is 0 Å². The zero-order chi connectivity index (χ0) is 16.9. The molecule has 0 aliphatic rings. The molecule has 22 heavy (non-hydrogen) atoms. The lowest BCUT2D eigenvalue weighted by atomic mass is 9.98. The van der Waals surface area contributed by atoms with E-state index in [0.717, 1.165) is 11.1 Å². The zero-order valence-corrected chi connectivity index (χ0v) is 15.1. The van der Waals surface area contributed by atoms with Crippen LogP contribution in [-0.4, -0.2) is 27.6 Å². The molecule has 0 amide bonds. The molecule has 1 aromatic carbocycles. The van der Waals surface area contributed by atoms with Crippen molar-refractivity contribution in [3.05, 3.63) is 35.4 Å². The number of benzene rings is 1. The topological polar surface area (TPSA) is 55.4 Å². The Bertz CT molecular complexity index is 518. The number of hydrogen-bond acceptors (Lipinski definition) is 3. The number of aryl methyl sites for hydroxylation is 1. The van der Waals surface area contributed by atoms with Gasteiger partial charge in [0.15, 0.2) is 0 Å². The van der Waals surface area contributed by atoms with Crippen molar-refractivity contribution in [3.63, 3.8) is 0 Å². The summed E-state index contributed by atoms with van der Waals surface area (Å²) in [5, 5.41) is 0. The van der Waals surface area contributed by atoms with Crippen LogP contribution in [0, 0.1) is 6.92 Å². The summed E-state index contributed by atoms with van der Waals surface area (Å²) in [6.07, 6.45) is -0.173. The summed E-state index contributed by atoms with van der Waals surface area (Å²) < 4.78 is 20.1. The second kappa shape index (κ2) is 7.88. The Morgan fingerprint density at radius 2 is 1.77 bits per heavy atom. The Labute approximate surface area is 136 Å². The summed E-state index contributed by atoms with van der Waals surface area (Å²) in [5.74, 6) is -0.758. The average Bonchev–Trinajstić information content (AvgIpc) is 2.38. The fraction of sp³-hybridized carbons (Fsp3) is 0.588. The van der Waals surface area contributed by atoms with Gasteiger partial charge in [-0.25, -0.2) is 8.93 Å². The van der Waals surface area contributed by atoms with Gasteiger partial charge in [0.2, 0.25) is 0 Å². The van der Waals surface area contributed by atoms with Crippen LogP contribution in [0.15, 0.2) is 24.3 Å². The third-order valence-electron chi connectivity index (χ3n) is 3.09. The summed E-state index contributed by atoms with van der Waals surface area (Å²) in [6.45, 7) is 11.6. The van der Waals surface area contributed by atoms with E-state index < -0.39 is 16.9 Å². The van der Waals surface area contributed by atoms with Gasteiger partial charge < -0.3 is 4.74 Å². The third-order valence-corrected chi connectivity index (χ3v) is 4.63. The second-order valence-electron chi connectivity index (χ2n) is 6.68. The highest BCUT2D eigenvalue weighted by atomic mass is 32.2. The van der Waals surface area contributed by atoms with E-state index >= 15 is 0 Å². The molecule has 0 saturated heterocycles. The molecule has 0 heterocycles. The first-order valence-electron chi connectivity index (χ1n) is 7.53. The fourth-order valence-electron chi connectivity index (χ4n) is 1.83. The lowest BCUT2D eigenvalue weighted by Gasteiger charge is -2.22. The maximum Gasteiger partial charge on any atom is 0.315 e. The molecule has 0 aliphatic heterocycles. The van der Waals surface area contributed by atoms with Gasteiger partial charge in [0.25, 0.3) is 0 Å². The van der Waals surface area contributed by atoms with Gasteiger partial charge in [-0.2, -0.15) is 0 Å². The number of nitrogens with one attached hydrogen (secondary N) is 1. The molecule has 0 fully saturated rings. The van der Waals surface area contributed by atoms with Crippen LogP contribution in [-0.2, 0) is 20.5 Å². The molecule has 0 spiro atoms. The summed E-state index contributed by atoms with van der Waals surface area (Å²) in [7, 11) is -1.22. The van der Waals surface area contributed by atoms with Crippen molar-refractivity contribution in [3.8, 4) is 0 Å². The first-order valence-corrected chi connectivity index (χ1v) is 8.68. The first kappa shape index (κ1) is 18.8. The van der Waals surface area contributed by atoms with Crippen LogP contribution in [0.2, 0.25) is 0 Å². The molecule has 0 saturated carbocycles. The maximum absolute atomic E-state index is 12.3. The summed E-state index contributed by atoms with van der Waals surface area (Å²) in [5.41, 5.74) is 2.00. The second-order valence-corrected chi connectivity index (χ2v) is 8.73. The van der Waals surface area contributed by atoms with Crippen LogP contribution >= 0.6 is 0 Å². The molecular weight excluding hydrogens is 298 g/mol. The van der Waals surface area contributed by atoms with Crippen molar-refractivity contribution in [2.75, 3.05) is 6.54 Å². The molecule has 4 nitrogen and oxygen atoms in total. The van der Waals surface area contributed by atoms with E-state index in [1.54, 1.807) is 0 Å². The molecule has 0 aromatic heterocycles. The van der Waals surface area contributed by atoms with Gasteiger partial charge >= 0.3 is 5.97 Å². The van der Waals surface area contributed by atoms with Gasteiger partial charge in [-0.05, 0) is 47.1 Å². The van der Waals surface area contributed by atoms with E-state index in [2.05, 4.69) is 4.72 Å². The Balaban J connectivity index is 2.89. The van der Waals surface area contributed by atoms with Crippen molar-refractivity contribution < 1.29 is 13.7 Å². The smallest absolute Gasteiger partial charge is 0.315 e. The number of hydrogen-bond donors (Lipinski definition) is 1. The van der Waals surface area contributed by atoms with Crippen LogP contribution in [0.4, 0.5) is 0 Å². The number of esters is 1. The predicted octanol–water partition coefficient (Wildman–Crippen LogP) is 3.08. The van der Waals surface area contributed by atoms with Crippen molar-refractivity contribution >= 4 is 17.0 Å². The number of ether oxygens (including phenoxy) is 1. The highest BCUT2D eigenvalue weighted by Crippen LogP contribution is 2.19. The Morgan fingerprint density at radius 1 is 1.23 bits per heavy atom. The molecule has 124 valence electrons. The number of carbonyl (C=O) groups excluding carboxylic acids is 1. The van der Waals surface area contributed by atoms with Crippen LogP contribution in [0.25, 0.3) is 0 Å². The van der Waals surface area contributed by atoms with Gasteiger partial charge in [0.1, 0.15) is 0 Å². The Kier molecular flexibility index (Phi) is 6.75. The normalized spacial score (nSPS) is 14.7. The third kappa shape index (κ3) is 5.89.